The topological polar surface area (TPSA) is 69.0 Å². The van der Waals surface area contributed by atoms with Gasteiger partial charge in [-0.25, -0.2) is 4.98 Å². The molecule has 5 nitrogen and oxygen atoms in total. The number of hydrogen-bond donors (Lipinski definition) is 1. The first-order valence-corrected chi connectivity index (χ1v) is 6.05. The average molecular weight is 266 g/mol. The zero-order valence-electron chi connectivity index (χ0n) is 11.3. The van der Waals surface area contributed by atoms with Crippen molar-refractivity contribution < 1.29 is 4.79 Å². The standard InChI is InChI=1S/C15H14N4O/c1-19(2)13-7-3-5-11(9-13)15(20)18-14-12(10-16)6-4-8-17-14/h3-9H,1-2H3,(H,17,18,20). The number of nitrogens with zero attached hydrogens (tertiary/aromatic N) is 3. The summed E-state index contributed by atoms with van der Waals surface area (Å²) in [6, 6.07) is 12.5. The Bertz CT molecular complexity index is 674. The monoisotopic (exact) mass is 266 g/mol. The maximum Gasteiger partial charge on any atom is 0.256 e. The number of carbonyl (C=O) groups is 1. The predicted molar refractivity (Wildman–Crippen MR) is 77.7 cm³/mol. The second-order valence-corrected chi connectivity index (χ2v) is 4.41. The van der Waals surface area contributed by atoms with E-state index in [1.165, 1.54) is 6.20 Å². The van der Waals surface area contributed by atoms with E-state index in [9.17, 15) is 4.79 Å². The molecule has 100 valence electrons. The van der Waals surface area contributed by atoms with Gasteiger partial charge in [-0.15, -0.1) is 0 Å². The van der Waals surface area contributed by atoms with Gasteiger partial charge in [0.1, 0.15) is 6.07 Å². The van der Waals surface area contributed by atoms with Crippen LogP contribution in [-0.2, 0) is 0 Å². The van der Waals surface area contributed by atoms with Crippen LogP contribution in [0, 0.1) is 11.3 Å². The van der Waals surface area contributed by atoms with Crippen LogP contribution in [0.1, 0.15) is 15.9 Å². The molecule has 0 fully saturated rings. The number of pyridine rings is 1. The van der Waals surface area contributed by atoms with E-state index in [0.29, 0.717) is 11.1 Å². The largest absolute Gasteiger partial charge is 0.378 e. The lowest BCUT2D eigenvalue weighted by atomic mass is 10.1. The maximum atomic E-state index is 12.2. The molecule has 1 heterocycles. The van der Waals surface area contributed by atoms with Crippen molar-refractivity contribution in [3.05, 3.63) is 53.7 Å². The first kappa shape index (κ1) is 13.6. The number of anilines is 2. The molecule has 1 amide bonds. The Morgan fingerprint density at radius 2 is 2.10 bits per heavy atom. The summed E-state index contributed by atoms with van der Waals surface area (Å²) in [7, 11) is 3.81. The fourth-order valence-corrected chi connectivity index (χ4v) is 1.70. The summed E-state index contributed by atoms with van der Waals surface area (Å²) in [5, 5.41) is 11.6. The van der Waals surface area contributed by atoms with Gasteiger partial charge in [0.2, 0.25) is 0 Å². The number of carbonyl (C=O) groups excluding carboxylic acids is 1. The molecule has 20 heavy (non-hydrogen) atoms. The van der Waals surface area contributed by atoms with Crippen molar-refractivity contribution in [2.24, 2.45) is 0 Å². The Labute approximate surface area is 117 Å². The fourth-order valence-electron chi connectivity index (χ4n) is 1.70. The second-order valence-electron chi connectivity index (χ2n) is 4.41. The zero-order valence-corrected chi connectivity index (χ0v) is 11.3. The summed E-state index contributed by atoms with van der Waals surface area (Å²) in [6.45, 7) is 0. The first-order valence-electron chi connectivity index (χ1n) is 6.05. The van der Waals surface area contributed by atoms with Crippen molar-refractivity contribution >= 4 is 17.4 Å². The number of aromatic nitrogens is 1. The van der Waals surface area contributed by atoms with E-state index in [0.717, 1.165) is 5.69 Å². The van der Waals surface area contributed by atoms with E-state index in [1.54, 1.807) is 24.3 Å². The lowest BCUT2D eigenvalue weighted by molar-refractivity contribution is 0.102. The quantitative estimate of drug-likeness (QED) is 0.925. The second kappa shape index (κ2) is 5.85. The fraction of sp³-hybridized carbons (Fsp3) is 0.133. The summed E-state index contributed by atoms with van der Waals surface area (Å²) in [5.74, 6) is -0.0147. The highest BCUT2D eigenvalue weighted by atomic mass is 16.1. The molecular formula is C15H14N4O. The SMILES string of the molecule is CN(C)c1cccc(C(=O)Nc2ncccc2C#N)c1. The van der Waals surface area contributed by atoms with Gasteiger partial charge in [0.05, 0.1) is 5.56 Å². The molecule has 0 aliphatic rings. The molecule has 0 aliphatic carbocycles. The van der Waals surface area contributed by atoms with Gasteiger partial charge in [-0.3, -0.25) is 4.79 Å². The Morgan fingerprint density at radius 3 is 2.80 bits per heavy atom. The summed E-state index contributed by atoms with van der Waals surface area (Å²) in [4.78, 5) is 18.1. The van der Waals surface area contributed by atoms with Crippen LogP contribution in [0.4, 0.5) is 11.5 Å². The summed E-state index contributed by atoms with van der Waals surface area (Å²) >= 11 is 0. The molecule has 0 aliphatic heterocycles. The molecular weight excluding hydrogens is 252 g/mol. The molecule has 0 saturated carbocycles. The lowest BCUT2D eigenvalue weighted by Gasteiger charge is -2.13. The van der Waals surface area contributed by atoms with Crippen molar-refractivity contribution in [2.45, 2.75) is 0 Å². The zero-order chi connectivity index (χ0) is 14.5. The highest BCUT2D eigenvalue weighted by Gasteiger charge is 2.10. The van der Waals surface area contributed by atoms with Gasteiger partial charge in [0.25, 0.3) is 5.91 Å². The highest BCUT2D eigenvalue weighted by molar-refractivity contribution is 6.04. The number of amides is 1. The molecule has 1 aromatic carbocycles. The van der Waals surface area contributed by atoms with Crippen LogP contribution < -0.4 is 10.2 Å². The van der Waals surface area contributed by atoms with Gasteiger partial charge < -0.3 is 10.2 Å². The van der Waals surface area contributed by atoms with Crippen LogP contribution in [0.3, 0.4) is 0 Å². The van der Waals surface area contributed by atoms with Gasteiger partial charge in [-0.05, 0) is 30.3 Å². The lowest BCUT2D eigenvalue weighted by Crippen LogP contribution is -2.15. The predicted octanol–water partition coefficient (Wildman–Crippen LogP) is 2.27. The Morgan fingerprint density at radius 1 is 1.30 bits per heavy atom. The Balaban J connectivity index is 2.25. The molecule has 0 atom stereocenters. The molecule has 0 spiro atoms. The number of nitriles is 1. The van der Waals surface area contributed by atoms with Gasteiger partial charge >= 0.3 is 0 Å². The van der Waals surface area contributed by atoms with E-state index >= 15 is 0 Å². The molecule has 2 aromatic rings. The number of benzene rings is 1. The number of hydrogen-bond acceptors (Lipinski definition) is 4. The average Bonchev–Trinajstić information content (AvgIpc) is 2.48. The molecule has 0 unspecified atom stereocenters. The minimum Gasteiger partial charge on any atom is -0.378 e. The third-order valence-electron chi connectivity index (χ3n) is 2.78. The minimum absolute atomic E-state index is 0.273. The van der Waals surface area contributed by atoms with E-state index in [4.69, 9.17) is 5.26 Å². The van der Waals surface area contributed by atoms with Gasteiger partial charge in [-0.1, -0.05) is 6.07 Å². The summed E-state index contributed by atoms with van der Waals surface area (Å²) < 4.78 is 0. The summed E-state index contributed by atoms with van der Waals surface area (Å²) in [6.07, 6.45) is 1.53. The smallest absolute Gasteiger partial charge is 0.256 e. The van der Waals surface area contributed by atoms with Gasteiger partial charge in [-0.2, -0.15) is 5.26 Å². The third-order valence-corrected chi connectivity index (χ3v) is 2.78. The van der Waals surface area contributed by atoms with Gasteiger partial charge in [0.15, 0.2) is 5.82 Å². The Kier molecular flexibility index (Phi) is 3.96. The van der Waals surface area contributed by atoms with Gasteiger partial charge in [0, 0.05) is 31.5 Å². The normalized spacial score (nSPS) is 9.65. The van der Waals surface area contributed by atoms with E-state index in [-0.39, 0.29) is 11.7 Å². The molecule has 1 N–H and O–H groups in total. The van der Waals surface area contributed by atoms with Crippen LogP contribution in [0.15, 0.2) is 42.6 Å². The van der Waals surface area contributed by atoms with Crippen molar-refractivity contribution in [3.8, 4) is 6.07 Å². The van der Waals surface area contributed by atoms with Crippen LogP contribution in [0.2, 0.25) is 0 Å². The first-order chi connectivity index (χ1) is 9.61. The van der Waals surface area contributed by atoms with Crippen molar-refractivity contribution in [1.29, 1.82) is 5.26 Å². The Hall–Kier alpha value is -2.87. The van der Waals surface area contributed by atoms with Crippen molar-refractivity contribution in [3.63, 3.8) is 0 Å². The number of nitrogens with one attached hydrogen (secondary N) is 1. The molecule has 0 radical (unpaired) electrons. The highest BCUT2D eigenvalue weighted by Crippen LogP contribution is 2.16. The molecule has 0 bridgehead atoms. The molecule has 5 heteroatoms. The molecule has 2 rings (SSSR count). The van der Waals surface area contributed by atoms with E-state index in [1.807, 2.05) is 37.2 Å². The maximum absolute atomic E-state index is 12.2. The van der Waals surface area contributed by atoms with E-state index < -0.39 is 0 Å². The number of rotatable bonds is 3. The van der Waals surface area contributed by atoms with Crippen LogP contribution in [0.5, 0.6) is 0 Å². The van der Waals surface area contributed by atoms with E-state index in [2.05, 4.69) is 10.3 Å². The van der Waals surface area contributed by atoms with Crippen LogP contribution in [0.25, 0.3) is 0 Å². The van der Waals surface area contributed by atoms with Crippen molar-refractivity contribution in [2.75, 3.05) is 24.3 Å². The van der Waals surface area contributed by atoms with Crippen LogP contribution in [-0.4, -0.2) is 25.0 Å². The summed E-state index contributed by atoms with van der Waals surface area (Å²) in [5.41, 5.74) is 1.79. The minimum atomic E-state index is -0.288. The molecule has 0 saturated heterocycles. The van der Waals surface area contributed by atoms with Crippen LogP contribution >= 0.6 is 0 Å². The third kappa shape index (κ3) is 2.93. The van der Waals surface area contributed by atoms with Crippen molar-refractivity contribution in [1.82, 2.24) is 4.98 Å². The molecule has 1 aromatic heterocycles.